The number of hydrogen-bond donors (Lipinski definition) is 1. The van der Waals surface area contributed by atoms with Gasteiger partial charge in [0.05, 0.1) is 12.3 Å². The predicted molar refractivity (Wildman–Crippen MR) is 72.6 cm³/mol. The maximum Gasteiger partial charge on any atom is 0.154 e. The first-order valence-electron chi connectivity index (χ1n) is 5.94. The van der Waals surface area contributed by atoms with Crippen molar-refractivity contribution in [3.05, 3.63) is 40.3 Å². The van der Waals surface area contributed by atoms with E-state index in [1.54, 1.807) is 10.9 Å². The minimum absolute atomic E-state index is 0.0212. The second kappa shape index (κ2) is 5.50. The molecule has 1 aliphatic heterocycles. The Morgan fingerprint density at radius 1 is 1.50 bits per heavy atom. The first-order valence-corrected chi connectivity index (χ1v) is 6.32. The quantitative estimate of drug-likeness (QED) is 0.836. The summed E-state index contributed by atoms with van der Waals surface area (Å²) in [7, 11) is 0. The molecule has 4 nitrogen and oxygen atoms in total. The lowest BCUT2D eigenvalue weighted by atomic mass is 10.1. The maximum atomic E-state index is 9.17. The average Bonchev–Trinajstić information content (AvgIpc) is 2.63. The number of aliphatic hydroxyl groups is 1. The zero-order valence-corrected chi connectivity index (χ0v) is 11.3. The number of allylic oxidation sites excluding steroid dienone is 3. The van der Waals surface area contributed by atoms with Gasteiger partial charge in [-0.25, -0.2) is 9.67 Å². The fourth-order valence-electron chi connectivity index (χ4n) is 1.79. The molecule has 1 aliphatic rings. The highest BCUT2D eigenvalue weighted by Crippen LogP contribution is 2.21. The lowest BCUT2D eigenvalue weighted by Crippen LogP contribution is -2.09. The van der Waals surface area contributed by atoms with Gasteiger partial charge in [-0.15, -0.1) is 0 Å². The Kier molecular flexibility index (Phi) is 3.99. The van der Waals surface area contributed by atoms with Crippen LogP contribution in [0.2, 0.25) is 0 Å². The Hall–Kier alpha value is -1.39. The van der Waals surface area contributed by atoms with Crippen LogP contribution in [-0.4, -0.2) is 20.7 Å². The number of aromatic nitrogens is 2. The molecule has 96 valence electrons. The lowest BCUT2D eigenvalue weighted by Gasteiger charge is -2.01. The number of hydrogen-bond acceptors (Lipinski definition) is 3. The van der Waals surface area contributed by atoms with Crippen molar-refractivity contribution in [1.29, 1.82) is 0 Å². The second-order valence-electron chi connectivity index (χ2n) is 4.17. The van der Waals surface area contributed by atoms with Crippen molar-refractivity contribution in [2.24, 2.45) is 4.99 Å². The summed E-state index contributed by atoms with van der Waals surface area (Å²) in [6.45, 7) is 3.90. The van der Waals surface area contributed by atoms with Crippen molar-refractivity contribution in [3.8, 4) is 0 Å². The number of halogens is 1. The Morgan fingerprint density at radius 3 is 2.89 bits per heavy atom. The largest absolute Gasteiger partial charge is 0.392 e. The van der Waals surface area contributed by atoms with Crippen molar-refractivity contribution in [2.75, 3.05) is 0 Å². The van der Waals surface area contributed by atoms with Gasteiger partial charge < -0.3 is 5.11 Å². The van der Waals surface area contributed by atoms with E-state index in [0.29, 0.717) is 11.0 Å². The molecule has 0 aromatic carbocycles. The predicted octanol–water partition coefficient (Wildman–Crippen LogP) is 2.75. The van der Waals surface area contributed by atoms with E-state index < -0.39 is 0 Å². The molecule has 0 spiro atoms. The van der Waals surface area contributed by atoms with Gasteiger partial charge in [-0.3, -0.25) is 0 Å². The molecule has 18 heavy (non-hydrogen) atoms. The van der Waals surface area contributed by atoms with Gasteiger partial charge in [0.25, 0.3) is 0 Å². The molecule has 5 heteroatoms. The van der Waals surface area contributed by atoms with Crippen LogP contribution in [-0.2, 0) is 6.61 Å². The van der Waals surface area contributed by atoms with Crippen LogP contribution in [0.15, 0.2) is 34.1 Å². The van der Waals surface area contributed by atoms with Crippen molar-refractivity contribution < 1.29 is 5.11 Å². The van der Waals surface area contributed by atoms with Crippen LogP contribution in [0.3, 0.4) is 0 Å². The van der Waals surface area contributed by atoms with Gasteiger partial charge in [0.1, 0.15) is 5.16 Å². The van der Waals surface area contributed by atoms with E-state index in [0.717, 1.165) is 29.7 Å². The third kappa shape index (κ3) is 2.54. The number of nitrogens with zero attached hydrogens (tertiary/aromatic N) is 3. The summed E-state index contributed by atoms with van der Waals surface area (Å²) in [4.78, 5) is 4.38. The van der Waals surface area contributed by atoms with Crippen molar-refractivity contribution in [2.45, 2.75) is 33.3 Å². The minimum atomic E-state index is -0.0212. The summed E-state index contributed by atoms with van der Waals surface area (Å²) in [6, 6.07) is 0. The molecule has 0 atom stereocenters. The summed E-state index contributed by atoms with van der Waals surface area (Å²) in [6.07, 6.45) is 7.41. The van der Waals surface area contributed by atoms with Crippen LogP contribution in [0.1, 0.15) is 31.0 Å². The van der Waals surface area contributed by atoms with Gasteiger partial charge in [-0.05, 0) is 31.4 Å². The summed E-state index contributed by atoms with van der Waals surface area (Å²) in [5, 5.41) is 14.0. The summed E-state index contributed by atoms with van der Waals surface area (Å²) in [5.74, 6) is 0.672. The third-order valence-electron chi connectivity index (χ3n) is 2.97. The molecular formula is C13H16ClN3O. The molecule has 0 amide bonds. The topological polar surface area (TPSA) is 50.4 Å². The van der Waals surface area contributed by atoms with Crippen LogP contribution in [0.25, 0.3) is 0 Å². The standard InChI is InChI=1S/C13H16ClN3O/c1-3-10-5-4-6-12(15-13(10)14)17-7-11(8-18)9(2)16-17/h4,6-7,18H,3,5,8H2,1-2H3. The first-order chi connectivity index (χ1) is 8.65. The highest BCUT2D eigenvalue weighted by molar-refractivity contribution is 6.30. The van der Waals surface area contributed by atoms with Gasteiger partial charge in [0, 0.05) is 11.8 Å². The zero-order valence-electron chi connectivity index (χ0n) is 10.5. The van der Waals surface area contributed by atoms with Gasteiger partial charge in [0.2, 0.25) is 0 Å². The molecule has 0 saturated carbocycles. The smallest absolute Gasteiger partial charge is 0.154 e. The molecule has 0 unspecified atom stereocenters. The third-order valence-corrected chi connectivity index (χ3v) is 3.32. The average molecular weight is 266 g/mol. The number of aliphatic hydroxyl groups excluding tert-OH is 1. The molecule has 0 bridgehead atoms. The van der Waals surface area contributed by atoms with Crippen LogP contribution < -0.4 is 0 Å². The van der Waals surface area contributed by atoms with Crippen LogP contribution >= 0.6 is 11.6 Å². The molecule has 0 fully saturated rings. The molecular weight excluding hydrogens is 250 g/mol. The number of rotatable bonds is 2. The van der Waals surface area contributed by atoms with Gasteiger partial charge in [-0.2, -0.15) is 5.10 Å². The molecule has 1 N–H and O–H groups in total. The first kappa shape index (κ1) is 13.1. The van der Waals surface area contributed by atoms with E-state index >= 15 is 0 Å². The highest BCUT2D eigenvalue weighted by atomic mass is 35.5. The van der Waals surface area contributed by atoms with Crippen LogP contribution in [0, 0.1) is 6.92 Å². The van der Waals surface area contributed by atoms with Crippen molar-refractivity contribution in [3.63, 3.8) is 0 Å². The van der Waals surface area contributed by atoms with Crippen LogP contribution in [0.5, 0.6) is 0 Å². The fourth-order valence-corrected chi connectivity index (χ4v) is 2.09. The number of aliphatic imine (C=N–C) groups is 1. The molecule has 2 heterocycles. The van der Waals surface area contributed by atoms with Gasteiger partial charge in [-0.1, -0.05) is 24.6 Å². The SMILES string of the molecule is CCC1=C(Cl)N=C(n2cc(CO)c(C)n2)C=CC1. The van der Waals surface area contributed by atoms with E-state index in [-0.39, 0.29) is 6.61 Å². The van der Waals surface area contributed by atoms with Crippen molar-refractivity contribution in [1.82, 2.24) is 9.78 Å². The molecule has 0 saturated heterocycles. The Labute approximate surface area is 111 Å². The fraction of sp³-hybridized carbons (Fsp3) is 0.385. The number of aryl methyl sites for hydroxylation is 1. The molecule has 1 aromatic heterocycles. The van der Waals surface area contributed by atoms with E-state index in [4.69, 9.17) is 11.6 Å². The van der Waals surface area contributed by atoms with E-state index in [2.05, 4.69) is 17.0 Å². The normalized spacial score (nSPS) is 15.9. The van der Waals surface area contributed by atoms with E-state index in [1.807, 2.05) is 19.1 Å². The second-order valence-corrected chi connectivity index (χ2v) is 4.52. The van der Waals surface area contributed by atoms with E-state index in [1.165, 1.54) is 0 Å². The molecule has 0 radical (unpaired) electrons. The summed E-state index contributed by atoms with van der Waals surface area (Å²) < 4.78 is 1.65. The van der Waals surface area contributed by atoms with Crippen molar-refractivity contribution >= 4 is 17.4 Å². The highest BCUT2D eigenvalue weighted by Gasteiger charge is 2.10. The zero-order chi connectivity index (χ0) is 13.1. The van der Waals surface area contributed by atoms with Gasteiger partial charge in [0.15, 0.2) is 5.84 Å². The molecule has 1 aromatic rings. The minimum Gasteiger partial charge on any atom is -0.392 e. The molecule has 2 rings (SSSR count). The molecule has 0 aliphatic carbocycles. The Balaban J connectivity index is 2.41. The lowest BCUT2D eigenvalue weighted by molar-refractivity contribution is 0.281. The van der Waals surface area contributed by atoms with Crippen LogP contribution in [0.4, 0.5) is 0 Å². The summed E-state index contributed by atoms with van der Waals surface area (Å²) >= 11 is 6.17. The van der Waals surface area contributed by atoms with Gasteiger partial charge >= 0.3 is 0 Å². The Bertz CT molecular complexity index is 540. The maximum absolute atomic E-state index is 9.17. The monoisotopic (exact) mass is 265 g/mol. The van der Waals surface area contributed by atoms with E-state index in [9.17, 15) is 5.11 Å². The summed E-state index contributed by atoms with van der Waals surface area (Å²) in [5.41, 5.74) is 2.72. The Morgan fingerprint density at radius 2 is 2.28 bits per heavy atom.